The predicted octanol–water partition coefficient (Wildman–Crippen LogP) is 3.36. The number of likely N-dealkylation sites (N-methyl/N-ethyl adjacent to an activating group) is 1. The molecule has 0 aromatic carbocycles. The first kappa shape index (κ1) is 19.0. The Balaban J connectivity index is 1.61. The van der Waals surface area contributed by atoms with Gasteiger partial charge in [0.25, 0.3) is 0 Å². The molecule has 142 valence electrons. The van der Waals surface area contributed by atoms with Gasteiger partial charge >= 0.3 is 0 Å². The van der Waals surface area contributed by atoms with E-state index in [1.807, 2.05) is 54.2 Å². The van der Waals surface area contributed by atoms with E-state index in [0.29, 0.717) is 6.54 Å². The Hall–Kier alpha value is -3.74. The van der Waals surface area contributed by atoms with Crippen molar-refractivity contribution in [3.05, 3.63) is 86.0 Å². The molecule has 3 aromatic rings. The molecule has 7 nitrogen and oxygen atoms in total. The molecular formula is C21H23N7. The van der Waals surface area contributed by atoms with Crippen molar-refractivity contribution < 1.29 is 0 Å². The summed E-state index contributed by atoms with van der Waals surface area (Å²) in [5.41, 5.74) is 4.52. The smallest absolute Gasteiger partial charge is 0.130 e. The standard InChI is InChI=1S/C21H23N7/c1-5-17(20-8-9-25-28(20)4)15-27(3)14-16(2)26-21-7-6-18(12-24-21)19-13-22-10-11-23-19/h5-13,15H,1-2,14H2,3-4H3,(H,24,26)/b17-15+. The van der Waals surface area contributed by atoms with Gasteiger partial charge in [-0.05, 0) is 18.2 Å². The summed E-state index contributed by atoms with van der Waals surface area (Å²) in [6.07, 6.45) is 12.4. The zero-order valence-electron chi connectivity index (χ0n) is 16.1. The summed E-state index contributed by atoms with van der Waals surface area (Å²) in [4.78, 5) is 14.8. The van der Waals surface area contributed by atoms with E-state index in [0.717, 1.165) is 34.0 Å². The Bertz CT molecular complexity index is 972. The van der Waals surface area contributed by atoms with E-state index >= 15 is 0 Å². The minimum Gasteiger partial charge on any atom is -0.374 e. The van der Waals surface area contributed by atoms with E-state index in [9.17, 15) is 0 Å². The van der Waals surface area contributed by atoms with Crippen molar-refractivity contribution in [2.45, 2.75) is 0 Å². The third-order valence-electron chi connectivity index (χ3n) is 4.06. The third-order valence-corrected chi connectivity index (χ3v) is 4.06. The van der Waals surface area contributed by atoms with Crippen molar-refractivity contribution in [1.82, 2.24) is 29.6 Å². The van der Waals surface area contributed by atoms with Gasteiger partial charge in [0.05, 0.1) is 24.1 Å². The maximum absolute atomic E-state index is 4.43. The summed E-state index contributed by atoms with van der Waals surface area (Å²) in [7, 11) is 3.89. The number of hydrogen-bond donors (Lipinski definition) is 1. The van der Waals surface area contributed by atoms with Crippen LogP contribution >= 0.6 is 0 Å². The Morgan fingerprint density at radius 3 is 2.64 bits per heavy atom. The minimum absolute atomic E-state index is 0.614. The highest BCUT2D eigenvalue weighted by molar-refractivity contribution is 5.70. The topological polar surface area (TPSA) is 71.8 Å². The maximum atomic E-state index is 4.43. The number of rotatable bonds is 8. The van der Waals surface area contributed by atoms with Crippen molar-refractivity contribution in [2.75, 3.05) is 18.9 Å². The third kappa shape index (κ3) is 4.70. The Kier molecular flexibility index (Phi) is 5.96. The summed E-state index contributed by atoms with van der Waals surface area (Å²) in [5, 5.41) is 7.43. The van der Waals surface area contributed by atoms with Crippen LogP contribution in [-0.4, -0.2) is 43.2 Å². The fraction of sp³-hybridized carbons (Fsp3) is 0.143. The summed E-state index contributed by atoms with van der Waals surface area (Å²) < 4.78 is 1.82. The number of aromatic nitrogens is 5. The fourth-order valence-electron chi connectivity index (χ4n) is 2.75. The maximum Gasteiger partial charge on any atom is 0.130 e. The number of aryl methyl sites for hydroxylation is 1. The highest BCUT2D eigenvalue weighted by atomic mass is 15.3. The van der Waals surface area contributed by atoms with Gasteiger partial charge in [-0.15, -0.1) is 0 Å². The van der Waals surface area contributed by atoms with Crippen molar-refractivity contribution in [3.8, 4) is 11.3 Å². The molecule has 0 fully saturated rings. The number of nitrogens with zero attached hydrogens (tertiary/aromatic N) is 6. The molecule has 0 aliphatic rings. The van der Waals surface area contributed by atoms with Crippen molar-refractivity contribution in [3.63, 3.8) is 0 Å². The molecule has 28 heavy (non-hydrogen) atoms. The number of nitrogens with one attached hydrogen (secondary N) is 1. The van der Waals surface area contributed by atoms with Gasteiger partial charge in [0.1, 0.15) is 5.82 Å². The lowest BCUT2D eigenvalue weighted by Gasteiger charge is -2.18. The van der Waals surface area contributed by atoms with E-state index in [2.05, 4.69) is 38.5 Å². The first-order valence-electron chi connectivity index (χ1n) is 8.77. The lowest BCUT2D eigenvalue weighted by Crippen LogP contribution is -2.19. The largest absolute Gasteiger partial charge is 0.374 e. The molecule has 0 amide bonds. The van der Waals surface area contributed by atoms with Gasteiger partial charge in [-0.1, -0.05) is 19.2 Å². The molecule has 3 rings (SSSR count). The van der Waals surface area contributed by atoms with E-state index < -0.39 is 0 Å². The quantitative estimate of drug-likeness (QED) is 0.611. The van der Waals surface area contributed by atoms with Gasteiger partial charge in [0, 0.05) is 61.9 Å². The zero-order valence-corrected chi connectivity index (χ0v) is 16.1. The lowest BCUT2D eigenvalue weighted by atomic mass is 10.2. The van der Waals surface area contributed by atoms with Crippen molar-refractivity contribution in [2.24, 2.45) is 7.05 Å². The van der Waals surface area contributed by atoms with Crippen LogP contribution in [0, 0.1) is 0 Å². The average molecular weight is 373 g/mol. The molecule has 7 heteroatoms. The molecule has 0 aliphatic carbocycles. The van der Waals surface area contributed by atoms with Gasteiger partial charge in [-0.25, -0.2) is 4.98 Å². The molecule has 0 spiro atoms. The summed E-state index contributed by atoms with van der Waals surface area (Å²) >= 11 is 0. The van der Waals surface area contributed by atoms with Gasteiger partial charge in [0.15, 0.2) is 0 Å². The lowest BCUT2D eigenvalue weighted by molar-refractivity contribution is 0.500. The Labute approximate surface area is 164 Å². The van der Waals surface area contributed by atoms with E-state index in [1.165, 1.54) is 0 Å². The van der Waals surface area contributed by atoms with E-state index in [1.54, 1.807) is 31.0 Å². The van der Waals surface area contributed by atoms with Crippen molar-refractivity contribution >= 4 is 11.4 Å². The highest BCUT2D eigenvalue weighted by Gasteiger charge is 2.06. The highest BCUT2D eigenvalue weighted by Crippen LogP contribution is 2.17. The summed E-state index contributed by atoms with van der Waals surface area (Å²) in [5.74, 6) is 0.727. The molecule has 1 N–H and O–H groups in total. The molecule has 0 unspecified atom stereocenters. The number of anilines is 1. The monoisotopic (exact) mass is 373 g/mol. The van der Waals surface area contributed by atoms with Crippen LogP contribution in [0.3, 0.4) is 0 Å². The SMILES string of the molecule is C=C/C(=C\N(C)CC(=C)Nc1ccc(-c2cnccn2)cn1)c1ccnn1C. The fourth-order valence-corrected chi connectivity index (χ4v) is 2.75. The molecule has 3 aromatic heterocycles. The average Bonchev–Trinajstić information content (AvgIpc) is 3.13. The molecule has 0 bridgehead atoms. The van der Waals surface area contributed by atoms with Crippen LogP contribution in [0.4, 0.5) is 5.82 Å². The minimum atomic E-state index is 0.614. The summed E-state index contributed by atoms with van der Waals surface area (Å²) in [6.45, 7) is 8.61. The molecule has 3 heterocycles. The van der Waals surface area contributed by atoms with Crippen molar-refractivity contribution in [1.29, 1.82) is 0 Å². The van der Waals surface area contributed by atoms with E-state index in [4.69, 9.17) is 0 Å². The van der Waals surface area contributed by atoms with Gasteiger partial charge < -0.3 is 10.2 Å². The second-order valence-corrected chi connectivity index (χ2v) is 6.30. The van der Waals surface area contributed by atoms with E-state index in [-0.39, 0.29) is 0 Å². The zero-order chi connectivity index (χ0) is 19.9. The van der Waals surface area contributed by atoms with Crippen LogP contribution < -0.4 is 5.32 Å². The second kappa shape index (κ2) is 8.77. The second-order valence-electron chi connectivity index (χ2n) is 6.30. The Morgan fingerprint density at radius 2 is 2.04 bits per heavy atom. The Morgan fingerprint density at radius 1 is 1.18 bits per heavy atom. The van der Waals surface area contributed by atoms with Crippen LogP contribution in [0.1, 0.15) is 5.69 Å². The first-order valence-corrected chi connectivity index (χ1v) is 8.77. The number of hydrogen-bond acceptors (Lipinski definition) is 6. The van der Waals surface area contributed by atoms with Gasteiger partial charge in [-0.3, -0.25) is 14.6 Å². The molecule has 0 atom stereocenters. The predicted molar refractivity (Wildman–Crippen MR) is 112 cm³/mol. The van der Waals surface area contributed by atoms with Crippen LogP contribution in [0.25, 0.3) is 16.8 Å². The van der Waals surface area contributed by atoms with Gasteiger partial charge in [-0.2, -0.15) is 5.10 Å². The summed E-state index contributed by atoms with van der Waals surface area (Å²) in [6, 6.07) is 5.81. The molecule has 0 saturated carbocycles. The molecular weight excluding hydrogens is 350 g/mol. The van der Waals surface area contributed by atoms with Crippen LogP contribution in [0.15, 0.2) is 80.3 Å². The van der Waals surface area contributed by atoms with Gasteiger partial charge in [0.2, 0.25) is 0 Å². The normalized spacial score (nSPS) is 11.1. The number of pyridine rings is 1. The molecule has 0 saturated heterocycles. The van der Waals surface area contributed by atoms with Crippen LogP contribution in [-0.2, 0) is 7.05 Å². The van der Waals surface area contributed by atoms with Crippen LogP contribution in [0.5, 0.6) is 0 Å². The molecule has 0 aliphatic heterocycles. The van der Waals surface area contributed by atoms with Crippen LogP contribution in [0.2, 0.25) is 0 Å². The molecule has 0 radical (unpaired) electrons. The number of allylic oxidation sites excluding steroid dienone is 2. The first-order chi connectivity index (χ1) is 13.6.